The summed E-state index contributed by atoms with van der Waals surface area (Å²) in [4.78, 5) is 29.2. The molecular formula is C24H19F4N7O2. The highest BCUT2D eigenvalue weighted by atomic mass is 19.4. The van der Waals surface area contributed by atoms with Gasteiger partial charge >= 0.3 is 12.2 Å². The largest absolute Gasteiger partial charge is 0.416 e. The van der Waals surface area contributed by atoms with Crippen molar-refractivity contribution in [1.29, 1.82) is 0 Å². The fraction of sp³-hybridized carbons (Fsp3) is 0.167. The number of benzene rings is 2. The Hall–Kier alpha value is -4.68. The molecule has 1 fully saturated rings. The fourth-order valence-corrected chi connectivity index (χ4v) is 3.79. The lowest BCUT2D eigenvalue weighted by Crippen LogP contribution is -2.25. The first-order valence-corrected chi connectivity index (χ1v) is 11.1. The molecule has 5 N–H and O–H groups in total. The number of nitrogens with one attached hydrogen (secondary N) is 3. The molecule has 9 nitrogen and oxygen atoms in total. The molecule has 4 aromatic rings. The van der Waals surface area contributed by atoms with E-state index < -0.39 is 29.3 Å². The van der Waals surface area contributed by atoms with Crippen LogP contribution in [0.3, 0.4) is 0 Å². The van der Waals surface area contributed by atoms with Crippen LogP contribution in [0.15, 0.2) is 55.0 Å². The zero-order valence-corrected chi connectivity index (χ0v) is 18.9. The van der Waals surface area contributed by atoms with Crippen LogP contribution >= 0.6 is 0 Å². The molecule has 0 saturated heterocycles. The number of fused-ring (bicyclic) bond motifs is 1. The van der Waals surface area contributed by atoms with Crippen molar-refractivity contribution in [3.05, 3.63) is 71.9 Å². The monoisotopic (exact) mass is 513 g/mol. The quantitative estimate of drug-likeness (QED) is 0.289. The van der Waals surface area contributed by atoms with Gasteiger partial charge in [0.05, 0.1) is 16.8 Å². The van der Waals surface area contributed by atoms with Gasteiger partial charge in [-0.05, 0) is 48.7 Å². The van der Waals surface area contributed by atoms with Crippen molar-refractivity contribution < 1.29 is 27.2 Å². The van der Waals surface area contributed by atoms with E-state index in [9.17, 15) is 27.2 Å². The Balaban J connectivity index is 1.39. The van der Waals surface area contributed by atoms with E-state index in [1.165, 1.54) is 23.0 Å². The van der Waals surface area contributed by atoms with Crippen molar-refractivity contribution in [2.75, 3.05) is 16.4 Å². The molecule has 13 heteroatoms. The molecule has 0 unspecified atom stereocenters. The van der Waals surface area contributed by atoms with Gasteiger partial charge in [-0.3, -0.25) is 4.79 Å². The normalized spacial score (nSPS) is 13.4. The number of nitrogens with zero attached hydrogens (tertiary/aromatic N) is 3. The minimum atomic E-state index is -4.69. The predicted octanol–water partition coefficient (Wildman–Crippen LogP) is 4.67. The number of nitrogens with two attached hydrogens (primary N) is 1. The molecular weight excluding hydrogens is 494 g/mol. The van der Waals surface area contributed by atoms with Crippen molar-refractivity contribution in [2.45, 2.75) is 25.1 Å². The summed E-state index contributed by atoms with van der Waals surface area (Å²) in [6.07, 6.45) is -0.0494. The smallest absolute Gasteiger partial charge is 0.382 e. The minimum absolute atomic E-state index is 0.124. The van der Waals surface area contributed by atoms with E-state index in [0.29, 0.717) is 40.4 Å². The van der Waals surface area contributed by atoms with Gasteiger partial charge in [-0.15, -0.1) is 0 Å². The summed E-state index contributed by atoms with van der Waals surface area (Å²) in [7, 11) is 0. The lowest BCUT2D eigenvalue weighted by atomic mass is 10.0. The molecule has 2 aromatic heterocycles. The Morgan fingerprint density at radius 1 is 1.05 bits per heavy atom. The predicted molar refractivity (Wildman–Crippen MR) is 127 cm³/mol. The van der Waals surface area contributed by atoms with E-state index >= 15 is 0 Å². The van der Waals surface area contributed by atoms with Crippen LogP contribution in [0, 0.1) is 5.82 Å². The summed E-state index contributed by atoms with van der Waals surface area (Å²) in [6.45, 7) is 0. The molecule has 1 saturated carbocycles. The SMILES string of the molecule is Nc1ncnn2cc(C(=O)NC3CC3)c(-c3ccc(NC(=O)Nc4cc(C(F)(F)F)ccc4F)cc3)c12. The first-order valence-electron chi connectivity index (χ1n) is 11.1. The maximum atomic E-state index is 13.9. The summed E-state index contributed by atoms with van der Waals surface area (Å²) >= 11 is 0. The van der Waals surface area contributed by atoms with Gasteiger partial charge in [-0.1, -0.05) is 12.1 Å². The maximum absolute atomic E-state index is 13.9. The highest BCUT2D eigenvalue weighted by Gasteiger charge is 2.31. The van der Waals surface area contributed by atoms with Gasteiger partial charge < -0.3 is 21.7 Å². The minimum Gasteiger partial charge on any atom is -0.382 e. The molecule has 0 aliphatic heterocycles. The number of hydrogen-bond acceptors (Lipinski definition) is 5. The van der Waals surface area contributed by atoms with E-state index in [-0.39, 0.29) is 23.5 Å². The van der Waals surface area contributed by atoms with Gasteiger partial charge in [0.15, 0.2) is 5.82 Å². The summed E-state index contributed by atoms with van der Waals surface area (Å²) in [5.74, 6) is -1.14. The lowest BCUT2D eigenvalue weighted by Gasteiger charge is -2.12. The summed E-state index contributed by atoms with van der Waals surface area (Å²) in [5.41, 5.74) is 6.48. The Kier molecular flexibility index (Phi) is 5.90. The number of alkyl halides is 3. The van der Waals surface area contributed by atoms with E-state index in [0.717, 1.165) is 12.8 Å². The molecule has 37 heavy (non-hydrogen) atoms. The average molecular weight is 513 g/mol. The summed E-state index contributed by atoms with van der Waals surface area (Å²) < 4.78 is 54.1. The molecule has 190 valence electrons. The van der Waals surface area contributed by atoms with Crippen LogP contribution in [0.2, 0.25) is 0 Å². The third-order valence-corrected chi connectivity index (χ3v) is 5.73. The van der Waals surface area contributed by atoms with Crippen LogP contribution in [-0.2, 0) is 6.18 Å². The summed E-state index contributed by atoms with van der Waals surface area (Å²) in [5, 5.41) is 11.6. The van der Waals surface area contributed by atoms with Gasteiger partial charge in [0.1, 0.15) is 17.7 Å². The number of urea groups is 1. The molecule has 0 bridgehead atoms. The second kappa shape index (κ2) is 9.08. The molecule has 5 rings (SSSR count). The van der Waals surface area contributed by atoms with Gasteiger partial charge in [-0.2, -0.15) is 18.3 Å². The molecule has 0 spiro atoms. The van der Waals surface area contributed by atoms with Crippen LogP contribution in [-0.4, -0.2) is 32.6 Å². The highest BCUT2D eigenvalue weighted by molar-refractivity contribution is 6.07. The Labute approximate surface area is 206 Å². The molecule has 0 atom stereocenters. The van der Waals surface area contributed by atoms with E-state index in [2.05, 4.69) is 26.0 Å². The number of halogens is 4. The molecule has 1 aliphatic rings. The van der Waals surface area contributed by atoms with E-state index in [4.69, 9.17) is 5.73 Å². The Morgan fingerprint density at radius 3 is 2.46 bits per heavy atom. The van der Waals surface area contributed by atoms with Crippen molar-refractivity contribution >= 4 is 34.6 Å². The first kappa shape index (κ1) is 24.0. The topological polar surface area (TPSA) is 126 Å². The van der Waals surface area contributed by atoms with Crippen LogP contribution in [0.5, 0.6) is 0 Å². The highest BCUT2D eigenvalue weighted by Crippen LogP contribution is 2.34. The number of hydrogen-bond donors (Lipinski definition) is 4. The van der Waals surface area contributed by atoms with Crippen LogP contribution in [0.4, 0.5) is 39.5 Å². The van der Waals surface area contributed by atoms with Crippen LogP contribution in [0.25, 0.3) is 16.6 Å². The number of anilines is 3. The first-order chi connectivity index (χ1) is 17.6. The van der Waals surface area contributed by atoms with Gasteiger partial charge in [0.2, 0.25) is 0 Å². The molecule has 2 heterocycles. The van der Waals surface area contributed by atoms with Crippen LogP contribution in [0.1, 0.15) is 28.8 Å². The van der Waals surface area contributed by atoms with Crippen LogP contribution < -0.4 is 21.7 Å². The maximum Gasteiger partial charge on any atom is 0.416 e. The number of rotatable bonds is 5. The molecule has 1 aliphatic carbocycles. The van der Waals surface area contributed by atoms with Crippen molar-refractivity contribution in [3.63, 3.8) is 0 Å². The Bertz CT molecular complexity index is 1510. The number of carbonyl (C=O) groups excluding carboxylic acids is 2. The van der Waals surface area contributed by atoms with Gasteiger partial charge in [0, 0.05) is 23.5 Å². The van der Waals surface area contributed by atoms with Gasteiger partial charge in [-0.25, -0.2) is 18.7 Å². The second-order valence-corrected chi connectivity index (χ2v) is 8.45. The number of amides is 3. The standard InChI is InChI=1S/C24H19F4N7O2/c25-17-8-3-13(24(26,27)28)9-18(17)34-23(37)33-15-4-1-12(2-5-15)19-16(22(36)32-14-6-7-14)10-35-20(19)21(29)30-11-31-35/h1-5,8-11,14H,6-7H2,(H,32,36)(H2,29,30,31)(H2,33,34,37). The molecule has 2 aromatic carbocycles. The Morgan fingerprint density at radius 2 is 1.78 bits per heavy atom. The lowest BCUT2D eigenvalue weighted by molar-refractivity contribution is -0.137. The molecule has 3 amide bonds. The third-order valence-electron chi connectivity index (χ3n) is 5.73. The number of carbonyl (C=O) groups is 2. The van der Waals surface area contributed by atoms with E-state index in [1.54, 1.807) is 18.3 Å². The summed E-state index contributed by atoms with van der Waals surface area (Å²) in [6, 6.07) is 7.18. The van der Waals surface area contributed by atoms with Crippen molar-refractivity contribution in [1.82, 2.24) is 19.9 Å². The fourth-order valence-electron chi connectivity index (χ4n) is 3.79. The molecule has 0 radical (unpaired) electrons. The zero-order chi connectivity index (χ0) is 26.3. The van der Waals surface area contributed by atoms with Crippen molar-refractivity contribution in [2.24, 2.45) is 0 Å². The van der Waals surface area contributed by atoms with Gasteiger partial charge in [0.25, 0.3) is 5.91 Å². The third kappa shape index (κ3) is 5.01. The average Bonchev–Trinajstić information content (AvgIpc) is 3.56. The zero-order valence-electron chi connectivity index (χ0n) is 18.9. The number of nitrogen functional groups attached to an aromatic ring is 1. The van der Waals surface area contributed by atoms with E-state index in [1.807, 2.05) is 0 Å². The van der Waals surface area contributed by atoms with Crippen molar-refractivity contribution in [3.8, 4) is 11.1 Å². The second-order valence-electron chi connectivity index (χ2n) is 8.45. The number of aromatic nitrogens is 3.